The number of nitrogens with two attached hydrogens (primary N) is 1. The van der Waals surface area contributed by atoms with Crippen LogP contribution in [0.4, 0.5) is 0 Å². The van der Waals surface area contributed by atoms with Crippen molar-refractivity contribution < 1.29 is 0 Å². The zero-order valence-corrected chi connectivity index (χ0v) is 12.8. The van der Waals surface area contributed by atoms with E-state index >= 15 is 0 Å². The molecule has 1 heterocycles. The molecule has 0 saturated heterocycles. The molecule has 0 amide bonds. The summed E-state index contributed by atoms with van der Waals surface area (Å²) in [7, 11) is 1.96. The van der Waals surface area contributed by atoms with Gasteiger partial charge in [-0.25, -0.2) is 0 Å². The van der Waals surface area contributed by atoms with Crippen molar-refractivity contribution in [2.24, 2.45) is 12.8 Å². The molecule has 19 heavy (non-hydrogen) atoms. The Kier molecular flexibility index (Phi) is 5.30. The Morgan fingerprint density at radius 2 is 1.79 bits per heavy atom. The van der Waals surface area contributed by atoms with Crippen LogP contribution in [0.1, 0.15) is 11.4 Å². The van der Waals surface area contributed by atoms with Crippen molar-refractivity contribution in [2.45, 2.75) is 23.5 Å². The molecule has 0 spiro atoms. The highest BCUT2D eigenvalue weighted by atomic mass is 32.2. The first-order valence-corrected chi connectivity index (χ1v) is 8.08. The fraction of sp³-hybridized carbons (Fsp3) is 0.385. The Labute approximate surface area is 122 Å². The standard InChI is InChI=1S/C13H18N4S2/c1-10-3-5-11(6-4-10)18-7-8-19-13-16-15-12(9-14)17(13)2/h3-6H,7-9,14H2,1-2H3. The first-order valence-electron chi connectivity index (χ1n) is 6.11. The highest BCUT2D eigenvalue weighted by Crippen LogP contribution is 2.22. The smallest absolute Gasteiger partial charge is 0.191 e. The van der Waals surface area contributed by atoms with E-state index in [0.717, 1.165) is 22.5 Å². The number of hydrogen-bond acceptors (Lipinski definition) is 5. The molecule has 0 aliphatic heterocycles. The Morgan fingerprint density at radius 3 is 2.42 bits per heavy atom. The average molecular weight is 294 g/mol. The molecule has 4 nitrogen and oxygen atoms in total. The van der Waals surface area contributed by atoms with E-state index in [1.54, 1.807) is 11.8 Å². The van der Waals surface area contributed by atoms with Gasteiger partial charge in [-0.2, -0.15) is 0 Å². The number of thioether (sulfide) groups is 2. The second kappa shape index (κ2) is 6.98. The molecule has 0 aliphatic carbocycles. The van der Waals surface area contributed by atoms with Crippen LogP contribution in [0.3, 0.4) is 0 Å². The third kappa shape index (κ3) is 3.99. The number of nitrogens with zero attached hydrogens (tertiary/aromatic N) is 3. The predicted molar refractivity (Wildman–Crippen MR) is 81.5 cm³/mol. The van der Waals surface area contributed by atoms with E-state index in [9.17, 15) is 0 Å². The van der Waals surface area contributed by atoms with Gasteiger partial charge < -0.3 is 10.3 Å². The number of rotatable bonds is 6. The van der Waals surface area contributed by atoms with E-state index in [-0.39, 0.29) is 0 Å². The molecule has 0 aliphatic rings. The van der Waals surface area contributed by atoms with Crippen LogP contribution in [0.2, 0.25) is 0 Å². The quantitative estimate of drug-likeness (QED) is 0.655. The molecule has 1 aromatic heterocycles. The molecule has 2 rings (SSSR count). The number of benzene rings is 1. The molecular formula is C13H18N4S2. The SMILES string of the molecule is Cc1ccc(SCCSc2nnc(CN)n2C)cc1. The Hall–Kier alpha value is -0.980. The monoisotopic (exact) mass is 294 g/mol. The summed E-state index contributed by atoms with van der Waals surface area (Å²) < 4.78 is 1.96. The largest absolute Gasteiger partial charge is 0.324 e. The van der Waals surface area contributed by atoms with Crippen molar-refractivity contribution in [2.75, 3.05) is 11.5 Å². The zero-order valence-electron chi connectivity index (χ0n) is 11.2. The molecule has 6 heteroatoms. The average Bonchev–Trinajstić information content (AvgIpc) is 2.77. The summed E-state index contributed by atoms with van der Waals surface area (Å²) in [5.41, 5.74) is 6.87. The molecule has 2 aromatic rings. The molecule has 1 aromatic carbocycles. The van der Waals surface area contributed by atoms with E-state index in [2.05, 4.69) is 41.4 Å². The maximum atomic E-state index is 5.57. The predicted octanol–water partition coefficient (Wildman–Crippen LogP) is 2.47. The van der Waals surface area contributed by atoms with Gasteiger partial charge in [0.1, 0.15) is 5.82 Å². The topological polar surface area (TPSA) is 56.7 Å². The molecule has 102 valence electrons. The second-order valence-electron chi connectivity index (χ2n) is 4.17. The Bertz CT molecular complexity index is 522. The second-order valence-corrected chi connectivity index (χ2v) is 6.40. The Morgan fingerprint density at radius 1 is 1.11 bits per heavy atom. The lowest BCUT2D eigenvalue weighted by Gasteiger charge is -2.03. The van der Waals surface area contributed by atoms with Crippen LogP contribution in [0.15, 0.2) is 34.3 Å². The van der Waals surface area contributed by atoms with Gasteiger partial charge in [-0.3, -0.25) is 0 Å². The highest BCUT2D eigenvalue weighted by molar-refractivity contribution is 8.02. The van der Waals surface area contributed by atoms with E-state index in [4.69, 9.17) is 5.73 Å². The van der Waals surface area contributed by atoms with Crippen LogP contribution in [0, 0.1) is 6.92 Å². The van der Waals surface area contributed by atoms with Gasteiger partial charge in [0, 0.05) is 23.4 Å². The first-order chi connectivity index (χ1) is 9.20. The fourth-order valence-electron chi connectivity index (χ4n) is 1.58. The van der Waals surface area contributed by atoms with Gasteiger partial charge in [-0.1, -0.05) is 29.5 Å². The summed E-state index contributed by atoms with van der Waals surface area (Å²) >= 11 is 3.58. The fourth-order valence-corrected chi connectivity index (χ4v) is 3.39. The van der Waals surface area contributed by atoms with E-state index < -0.39 is 0 Å². The summed E-state index contributed by atoms with van der Waals surface area (Å²) in [6.07, 6.45) is 0. The van der Waals surface area contributed by atoms with E-state index in [0.29, 0.717) is 6.54 Å². The van der Waals surface area contributed by atoms with Crippen molar-refractivity contribution in [1.82, 2.24) is 14.8 Å². The minimum atomic E-state index is 0.433. The molecule has 0 saturated carbocycles. The molecule has 2 N–H and O–H groups in total. The summed E-state index contributed by atoms with van der Waals surface area (Å²) in [5, 5.41) is 9.11. The van der Waals surface area contributed by atoms with Crippen LogP contribution >= 0.6 is 23.5 Å². The zero-order chi connectivity index (χ0) is 13.7. The number of hydrogen-bond donors (Lipinski definition) is 1. The van der Waals surface area contributed by atoms with Gasteiger partial charge >= 0.3 is 0 Å². The summed E-state index contributed by atoms with van der Waals surface area (Å²) in [5.74, 6) is 2.89. The number of aromatic nitrogens is 3. The summed E-state index contributed by atoms with van der Waals surface area (Å²) in [6, 6.07) is 8.62. The minimum absolute atomic E-state index is 0.433. The molecule has 0 bridgehead atoms. The van der Waals surface area contributed by atoms with Gasteiger partial charge in [0.25, 0.3) is 0 Å². The molecule has 0 fully saturated rings. The lowest BCUT2D eigenvalue weighted by Crippen LogP contribution is -2.05. The van der Waals surface area contributed by atoms with Crippen LogP contribution < -0.4 is 5.73 Å². The van der Waals surface area contributed by atoms with Gasteiger partial charge in [0.05, 0.1) is 6.54 Å². The molecule has 0 unspecified atom stereocenters. The lowest BCUT2D eigenvalue weighted by molar-refractivity contribution is 0.735. The van der Waals surface area contributed by atoms with Crippen molar-refractivity contribution >= 4 is 23.5 Å². The van der Waals surface area contributed by atoms with Gasteiger partial charge in [0.15, 0.2) is 5.16 Å². The summed E-state index contributed by atoms with van der Waals surface area (Å²) in [4.78, 5) is 1.31. The lowest BCUT2D eigenvalue weighted by atomic mass is 10.2. The first kappa shape index (κ1) is 14.4. The van der Waals surface area contributed by atoms with E-state index in [1.807, 2.05) is 23.4 Å². The highest BCUT2D eigenvalue weighted by Gasteiger charge is 2.07. The van der Waals surface area contributed by atoms with Gasteiger partial charge in [0.2, 0.25) is 0 Å². The third-order valence-corrected chi connectivity index (χ3v) is 5.01. The minimum Gasteiger partial charge on any atom is -0.324 e. The van der Waals surface area contributed by atoms with Crippen LogP contribution in [0.5, 0.6) is 0 Å². The number of aryl methyl sites for hydroxylation is 1. The van der Waals surface area contributed by atoms with Gasteiger partial charge in [-0.15, -0.1) is 22.0 Å². The Balaban J connectivity index is 1.77. The van der Waals surface area contributed by atoms with Crippen LogP contribution in [-0.2, 0) is 13.6 Å². The van der Waals surface area contributed by atoms with Crippen molar-refractivity contribution in [3.05, 3.63) is 35.7 Å². The summed E-state index contributed by atoms with van der Waals surface area (Å²) in [6.45, 7) is 2.54. The van der Waals surface area contributed by atoms with Crippen LogP contribution in [0.25, 0.3) is 0 Å². The molecule has 0 atom stereocenters. The third-order valence-electron chi connectivity index (χ3n) is 2.71. The maximum absolute atomic E-state index is 5.57. The van der Waals surface area contributed by atoms with Crippen molar-refractivity contribution in [3.8, 4) is 0 Å². The van der Waals surface area contributed by atoms with E-state index in [1.165, 1.54) is 10.5 Å². The van der Waals surface area contributed by atoms with Crippen molar-refractivity contribution in [3.63, 3.8) is 0 Å². The normalized spacial score (nSPS) is 10.9. The van der Waals surface area contributed by atoms with Gasteiger partial charge in [-0.05, 0) is 19.1 Å². The molecular weight excluding hydrogens is 276 g/mol. The van der Waals surface area contributed by atoms with Crippen LogP contribution in [-0.4, -0.2) is 26.3 Å². The molecule has 0 radical (unpaired) electrons. The van der Waals surface area contributed by atoms with Crippen molar-refractivity contribution in [1.29, 1.82) is 0 Å². The maximum Gasteiger partial charge on any atom is 0.191 e.